The molecule has 0 saturated heterocycles. The zero-order valence-corrected chi connectivity index (χ0v) is 12.9. The van der Waals surface area contributed by atoms with Gasteiger partial charge in [0, 0.05) is 26.2 Å². The van der Waals surface area contributed by atoms with E-state index in [1.165, 1.54) is 23.6 Å². The minimum absolute atomic E-state index is 0. The number of rotatable bonds is 6. The minimum Gasteiger partial charge on any atom is -0.329 e. The summed E-state index contributed by atoms with van der Waals surface area (Å²) >= 11 is 0. The summed E-state index contributed by atoms with van der Waals surface area (Å²) in [5, 5.41) is 0. The number of hydrogen-bond acceptors (Lipinski definition) is 3. The van der Waals surface area contributed by atoms with Crippen LogP contribution < -0.4 is 10.5 Å². The molecule has 1 atom stereocenters. The van der Waals surface area contributed by atoms with Gasteiger partial charge in [-0.3, -0.25) is 0 Å². The molecule has 0 radical (unpaired) electrons. The van der Waals surface area contributed by atoms with Gasteiger partial charge in [0.05, 0.1) is 0 Å². The van der Waals surface area contributed by atoms with Crippen molar-refractivity contribution in [1.82, 2.24) is 9.03 Å². The number of nitrogens with one attached hydrogen (secondary N) is 1. The molecule has 18 heavy (non-hydrogen) atoms. The van der Waals surface area contributed by atoms with Gasteiger partial charge in [-0.2, -0.15) is 17.4 Å². The molecule has 0 amide bonds. The van der Waals surface area contributed by atoms with Gasteiger partial charge in [-0.25, -0.2) is 0 Å². The van der Waals surface area contributed by atoms with Gasteiger partial charge in [-0.15, -0.1) is 12.4 Å². The van der Waals surface area contributed by atoms with Gasteiger partial charge >= 0.3 is 0 Å². The third-order valence-corrected chi connectivity index (χ3v) is 5.31. The van der Waals surface area contributed by atoms with E-state index in [2.05, 4.69) is 4.72 Å². The third-order valence-electron chi connectivity index (χ3n) is 3.63. The van der Waals surface area contributed by atoms with Crippen molar-refractivity contribution >= 4 is 22.6 Å². The predicted octanol–water partition coefficient (Wildman–Crippen LogP) is 1.10. The highest BCUT2D eigenvalue weighted by Gasteiger charge is 2.27. The second-order valence-electron chi connectivity index (χ2n) is 4.78. The SMILES string of the molecule is CCN(C)S(=O)(=O)NC(CN)C1CCCCC1.Cl. The van der Waals surface area contributed by atoms with Crippen LogP contribution in [0.25, 0.3) is 0 Å². The fourth-order valence-electron chi connectivity index (χ4n) is 2.32. The Bertz CT molecular complexity index is 318. The van der Waals surface area contributed by atoms with E-state index < -0.39 is 10.2 Å². The molecule has 1 aliphatic carbocycles. The molecule has 0 spiro atoms. The Labute approximate surface area is 117 Å². The molecular weight excluding hydrogens is 274 g/mol. The first-order valence-corrected chi connectivity index (χ1v) is 7.89. The van der Waals surface area contributed by atoms with Crippen molar-refractivity contribution in [3.05, 3.63) is 0 Å². The highest BCUT2D eigenvalue weighted by molar-refractivity contribution is 7.87. The molecule has 1 fully saturated rings. The number of hydrogen-bond donors (Lipinski definition) is 2. The summed E-state index contributed by atoms with van der Waals surface area (Å²) in [5.74, 6) is 0.397. The Balaban J connectivity index is 0.00000289. The Morgan fingerprint density at radius 3 is 2.33 bits per heavy atom. The van der Waals surface area contributed by atoms with E-state index in [1.807, 2.05) is 6.92 Å². The Morgan fingerprint density at radius 2 is 1.89 bits per heavy atom. The van der Waals surface area contributed by atoms with Gasteiger partial charge in [0.25, 0.3) is 10.2 Å². The van der Waals surface area contributed by atoms with Crippen LogP contribution in [0.15, 0.2) is 0 Å². The second-order valence-corrected chi connectivity index (χ2v) is 6.59. The molecule has 1 aliphatic rings. The van der Waals surface area contributed by atoms with E-state index in [1.54, 1.807) is 7.05 Å². The standard InChI is InChI=1S/C11H25N3O2S.ClH/c1-3-14(2)17(15,16)13-11(9-12)10-7-5-4-6-8-10;/h10-11,13H,3-9,12H2,1-2H3;1H. The summed E-state index contributed by atoms with van der Waals surface area (Å²) in [7, 11) is -1.79. The van der Waals surface area contributed by atoms with Crippen LogP contribution in [-0.2, 0) is 10.2 Å². The van der Waals surface area contributed by atoms with E-state index in [0.29, 0.717) is 19.0 Å². The summed E-state index contributed by atoms with van der Waals surface area (Å²) in [5.41, 5.74) is 5.71. The molecule has 1 rings (SSSR count). The highest BCUT2D eigenvalue weighted by atomic mass is 35.5. The molecule has 5 nitrogen and oxygen atoms in total. The molecule has 1 saturated carbocycles. The van der Waals surface area contributed by atoms with Crippen molar-refractivity contribution in [1.29, 1.82) is 0 Å². The summed E-state index contributed by atoms with van der Waals surface area (Å²) in [6, 6.07) is -0.116. The van der Waals surface area contributed by atoms with Crippen LogP contribution in [-0.4, -0.2) is 38.9 Å². The maximum atomic E-state index is 11.9. The number of halogens is 1. The molecule has 1 unspecified atom stereocenters. The largest absolute Gasteiger partial charge is 0.329 e. The van der Waals surface area contributed by atoms with Crippen LogP contribution in [0.2, 0.25) is 0 Å². The van der Waals surface area contributed by atoms with Crippen LogP contribution in [0.5, 0.6) is 0 Å². The van der Waals surface area contributed by atoms with Crippen molar-refractivity contribution in [3.8, 4) is 0 Å². The fourth-order valence-corrected chi connectivity index (χ4v) is 3.52. The van der Waals surface area contributed by atoms with Crippen molar-refractivity contribution in [3.63, 3.8) is 0 Å². The van der Waals surface area contributed by atoms with Gasteiger partial charge in [-0.1, -0.05) is 26.2 Å². The van der Waals surface area contributed by atoms with Gasteiger partial charge in [-0.05, 0) is 18.8 Å². The summed E-state index contributed by atoms with van der Waals surface area (Å²) in [4.78, 5) is 0. The average molecular weight is 300 g/mol. The average Bonchev–Trinajstić information content (AvgIpc) is 2.36. The van der Waals surface area contributed by atoms with Gasteiger partial charge < -0.3 is 5.73 Å². The predicted molar refractivity (Wildman–Crippen MR) is 77.0 cm³/mol. The van der Waals surface area contributed by atoms with Crippen LogP contribution in [0.1, 0.15) is 39.0 Å². The first-order valence-electron chi connectivity index (χ1n) is 6.45. The molecular formula is C11H26ClN3O2S. The van der Waals surface area contributed by atoms with E-state index in [-0.39, 0.29) is 18.4 Å². The minimum atomic E-state index is -3.37. The Morgan fingerprint density at radius 1 is 1.33 bits per heavy atom. The van der Waals surface area contributed by atoms with Crippen LogP contribution in [0.4, 0.5) is 0 Å². The lowest BCUT2D eigenvalue weighted by Gasteiger charge is -2.31. The zero-order chi connectivity index (χ0) is 12.9. The first kappa shape index (κ1) is 18.1. The van der Waals surface area contributed by atoms with E-state index in [4.69, 9.17) is 5.73 Å². The first-order chi connectivity index (χ1) is 8.01. The molecule has 0 aromatic heterocycles. The maximum absolute atomic E-state index is 11.9. The molecule has 110 valence electrons. The molecule has 0 aliphatic heterocycles. The lowest BCUT2D eigenvalue weighted by atomic mass is 9.84. The summed E-state index contributed by atoms with van der Waals surface area (Å²) in [6.45, 7) is 2.66. The van der Waals surface area contributed by atoms with Crippen molar-refractivity contribution in [2.24, 2.45) is 11.7 Å². The fraction of sp³-hybridized carbons (Fsp3) is 1.00. The molecule has 7 heteroatoms. The third kappa shape index (κ3) is 5.01. The second kappa shape index (κ2) is 8.32. The van der Waals surface area contributed by atoms with Crippen LogP contribution in [0.3, 0.4) is 0 Å². The van der Waals surface area contributed by atoms with E-state index in [0.717, 1.165) is 12.8 Å². The van der Waals surface area contributed by atoms with Crippen LogP contribution in [0, 0.1) is 5.92 Å². The lowest BCUT2D eigenvalue weighted by molar-refractivity contribution is 0.290. The molecule has 0 bridgehead atoms. The molecule has 0 aromatic carbocycles. The normalized spacial score (nSPS) is 19.6. The van der Waals surface area contributed by atoms with Gasteiger partial charge in [0.15, 0.2) is 0 Å². The lowest BCUT2D eigenvalue weighted by Crippen LogP contribution is -2.50. The highest BCUT2D eigenvalue weighted by Crippen LogP contribution is 2.26. The molecule has 3 N–H and O–H groups in total. The maximum Gasteiger partial charge on any atom is 0.279 e. The van der Waals surface area contributed by atoms with Gasteiger partial charge in [0.1, 0.15) is 0 Å². The zero-order valence-electron chi connectivity index (χ0n) is 11.3. The summed E-state index contributed by atoms with van der Waals surface area (Å²) in [6.07, 6.45) is 5.80. The smallest absolute Gasteiger partial charge is 0.279 e. The molecule has 0 aromatic rings. The topological polar surface area (TPSA) is 75.4 Å². The van der Waals surface area contributed by atoms with E-state index >= 15 is 0 Å². The monoisotopic (exact) mass is 299 g/mol. The van der Waals surface area contributed by atoms with Crippen molar-refractivity contribution in [2.45, 2.75) is 45.1 Å². The van der Waals surface area contributed by atoms with E-state index in [9.17, 15) is 8.42 Å². The Kier molecular flexibility index (Phi) is 8.38. The Hall–Kier alpha value is 0.120. The summed E-state index contributed by atoms with van der Waals surface area (Å²) < 4.78 is 27.9. The number of nitrogens with two attached hydrogens (primary N) is 1. The molecule has 0 heterocycles. The van der Waals surface area contributed by atoms with Crippen molar-refractivity contribution < 1.29 is 8.42 Å². The van der Waals surface area contributed by atoms with Crippen LogP contribution >= 0.6 is 12.4 Å². The number of nitrogens with zero attached hydrogens (tertiary/aromatic N) is 1. The quantitative estimate of drug-likeness (QED) is 0.771. The van der Waals surface area contributed by atoms with Crippen molar-refractivity contribution in [2.75, 3.05) is 20.1 Å². The van der Waals surface area contributed by atoms with Gasteiger partial charge in [0.2, 0.25) is 0 Å².